The van der Waals surface area contributed by atoms with E-state index in [2.05, 4.69) is 15.1 Å². The lowest BCUT2D eigenvalue weighted by Crippen LogP contribution is -2.30. The van der Waals surface area contributed by atoms with Gasteiger partial charge in [-0.2, -0.15) is 5.10 Å². The van der Waals surface area contributed by atoms with Gasteiger partial charge in [0.05, 0.1) is 13.2 Å². The minimum atomic E-state index is -0.805. The number of fused-ring (bicyclic) bond motifs is 1. The summed E-state index contributed by atoms with van der Waals surface area (Å²) in [5.74, 6) is 0.136. The molecule has 0 aliphatic rings. The molecular formula is C14H20N4O4S. The van der Waals surface area contributed by atoms with Crippen LogP contribution in [0.1, 0.15) is 20.8 Å². The van der Waals surface area contributed by atoms with Crippen molar-refractivity contribution in [2.24, 2.45) is 7.05 Å². The van der Waals surface area contributed by atoms with Gasteiger partial charge in [-0.05, 0) is 20.8 Å². The second-order valence-corrected chi connectivity index (χ2v) is 6.82. The van der Waals surface area contributed by atoms with Crippen LogP contribution in [0.15, 0.2) is 11.4 Å². The minimum absolute atomic E-state index is 0.102. The standard InChI is InChI=1S/C14H20N4O4S/c1-5-21-13(20)14(2,3)23-11-9-10(15-8-16-11)12(18(4)17-9)22-7-6-19/h8,19H,5-7H2,1-4H3. The Bertz CT molecular complexity index is 701. The van der Waals surface area contributed by atoms with Crippen molar-refractivity contribution in [3.05, 3.63) is 6.33 Å². The van der Waals surface area contributed by atoms with Gasteiger partial charge in [-0.25, -0.2) is 14.6 Å². The van der Waals surface area contributed by atoms with Crippen LogP contribution in [0.25, 0.3) is 11.0 Å². The van der Waals surface area contributed by atoms with E-state index in [1.807, 2.05) is 0 Å². The first kappa shape index (κ1) is 17.5. The van der Waals surface area contributed by atoms with E-state index >= 15 is 0 Å². The van der Waals surface area contributed by atoms with Gasteiger partial charge >= 0.3 is 5.97 Å². The van der Waals surface area contributed by atoms with Crippen LogP contribution in [0, 0.1) is 0 Å². The number of hydrogen-bond donors (Lipinski definition) is 1. The molecule has 0 aromatic carbocycles. The summed E-state index contributed by atoms with van der Waals surface area (Å²) in [7, 11) is 1.72. The van der Waals surface area contributed by atoms with Crippen LogP contribution >= 0.6 is 11.8 Å². The molecule has 0 bridgehead atoms. The van der Waals surface area contributed by atoms with E-state index < -0.39 is 4.75 Å². The van der Waals surface area contributed by atoms with Gasteiger partial charge in [0.2, 0.25) is 5.88 Å². The Labute approximate surface area is 138 Å². The lowest BCUT2D eigenvalue weighted by atomic mass is 10.2. The highest BCUT2D eigenvalue weighted by atomic mass is 32.2. The average molecular weight is 340 g/mol. The summed E-state index contributed by atoms with van der Waals surface area (Å²) in [6.07, 6.45) is 1.40. The summed E-state index contributed by atoms with van der Waals surface area (Å²) < 4.78 is 11.3. The third-order valence-electron chi connectivity index (χ3n) is 2.98. The van der Waals surface area contributed by atoms with Crippen molar-refractivity contribution >= 4 is 28.8 Å². The van der Waals surface area contributed by atoms with Gasteiger partial charge in [0.25, 0.3) is 0 Å². The molecule has 0 aliphatic heterocycles. The van der Waals surface area contributed by atoms with Crippen LogP contribution in [-0.4, -0.2) is 55.4 Å². The Morgan fingerprint density at radius 3 is 2.78 bits per heavy atom. The first-order valence-electron chi connectivity index (χ1n) is 7.18. The summed E-state index contributed by atoms with van der Waals surface area (Å²) in [5.41, 5.74) is 1.09. The van der Waals surface area contributed by atoms with Crippen molar-refractivity contribution in [2.75, 3.05) is 19.8 Å². The number of rotatable bonds is 7. The maximum atomic E-state index is 12.1. The Hall–Kier alpha value is -1.87. The second kappa shape index (κ2) is 7.14. The Kier molecular flexibility index (Phi) is 5.42. The first-order valence-corrected chi connectivity index (χ1v) is 8.00. The topological polar surface area (TPSA) is 99.4 Å². The number of aryl methyl sites for hydroxylation is 1. The monoisotopic (exact) mass is 340 g/mol. The second-order valence-electron chi connectivity index (χ2n) is 5.21. The van der Waals surface area contributed by atoms with Crippen LogP contribution in [0.2, 0.25) is 0 Å². The van der Waals surface area contributed by atoms with Gasteiger partial charge < -0.3 is 14.6 Å². The van der Waals surface area contributed by atoms with E-state index in [9.17, 15) is 4.79 Å². The number of carbonyl (C=O) groups is 1. The summed E-state index contributed by atoms with van der Waals surface area (Å²) in [6, 6.07) is 0. The van der Waals surface area contributed by atoms with Gasteiger partial charge in [0, 0.05) is 7.05 Å². The molecule has 2 heterocycles. The van der Waals surface area contributed by atoms with Gasteiger partial charge in [-0.1, -0.05) is 11.8 Å². The van der Waals surface area contributed by atoms with Gasteiger partial charge in [0.15, 0.2) is 5.52 Å². The SMILES string of the molecule is CCOC(=O)C(C)(C)Sc1ncnc2c(OCCO)n(C)nc12. The highest BCUT2D eigenvalue weighted by Crippen LogP contribution is 2.37. The number of nitrogens with zero attached hydrogens (tertiary/aromatic N) is 4. The van der Waals surface area contributed by atoms with E-state index in [-0.39, 0.29) is 19.2 Å². The minimum Gasteiger partial charge on any atom is -0.474 e. The average Bonchev–Trinajstić information content (AvgIpc) is 2.82. The highest BCUT2D eigenvalue weighted by molar-refractivity contribution is 8.01. The molecule has 0 amide bonds. The number of ether oxygens (including phenoxy) is 2. The molecule has 2 aromatic heterocycles. The number of aliphatic hydroxyl groups is 1. The zero-order chi connectivity index (χ0) is 17.0. The predicted molar refractivity (Wildman–Crippen MR) is 85.5 cm³/mol. The summed E-state index contributed by atoms with van der Waals surface area (Å²) in [4.78, 5) is 20.5. The van der Waals surface area contributed by atoms with Crippen LogP contribution in [-0.2, 0) is 16.6 Å². The fourth-order valence-electron chi connectivity index (χ4n) is 1.92. The van der Waals surface area contributed by atoms with Crippen molar-refractivity contribution in [3.8, 4) is 5.88 Å². The maximum absolute atomic E-state index is 12.1. The van der Waals surface area contributed by atoms with Crippen LogP contribution < -0.4 is 4.74 Å². The Morgan fingerprint density at radius 2 is 2.13 bits per heavy atom. The number of aromatic nitrogens is 4. The van der Waals surface area contributed by atoms with Crippen molar-refractivity contribution in [3.63, 3.8) is 0 Å². The number of hydrogen-bond acceptors (Lipinski definition) is 8. The van der Waals surface area contributed by atoms with Crippen molar-refractivity contribution in [1.82, 2.24) is 19.7 Å². The van der Waals surface area contributed by atoms with E-state index in [4.69, 9.17) is 14.6 Å². The molecule has 0 unspecified atom stereocenters. The largest absolute Gasteiger partial charge is 0.474 e. The smallest absolute Gasteiger partial charge is 0.322 e. The molecule has 0 spiro atoms. The normalized spacial score (nSPS) is 11.7. The van der Waals surface area contributed by atoms with Gasteiger partial charge in [0.1, 0.15) is 28.2 Å². The number of carbonyl (C=O) groups excluding carboxylic acids is 1. The van der Waals surface area contributed by atoms with E-state index in [1.165, 1.54) is 22.8 Å². The molecule has 2 aromatic rings. The van der Waals surface area contributed by atoms with E-state index in [0.29, 0.717) is 28.5 Å². The van der Waals surface area contributed by atoms with Gasteiger partial charge in [-0.3, -0.25) is 4.79 Å². The quantitative estimate of drug-likeness (QED) is 0.455. The first-order chi connectivity index (χ1) is 10.9. The summed E-state index contributed by atoms with van der Waals surface area (Å²) in [5, 5.41) is 13.8. The van der Waals surface area contributed by atoms with Crippen LogP contribution in [0.3, 0.4) is 0 Å². The molecule has 126 valence electrons. The Balaban J connectivity index is 2.37. The van der Waals surface area contributed by atoms with Crippen LogP contribution in [0.5, 0.6) is 5.88 Å². The summed E-state index contributed by atoms with van der Waals surface area (Å²) >= 11 is 1.26. The predicted octanol–water partition coefficient (Wildman–Crippen LogP) is 1.17. The molecule has 0 saturated heterocycles. The van der Waals surface area contributed by atoms with E-state index in [1.54, 1.807) is 27.8 Å². The zero-order valence-corrected chi connectivity index (χ0v) is 14.4. The maximum Gasteiger partial charge on any atom is 0.322 e. The number of thioether (sulfide) groups is 1. The molecule has 0 saturated carbocycles. The van der Waals surface area contributed by atoms with Gasteiger partial charge in [-0.15, -0.1) is 0 Å². The molecule has 23 heavy (non-hydrogen) atoms. The fourth-order valence-corrected chi connectivity index (χ4v) is 2.88. The molecular weight excluding hydrogens is 320 g/mol. The molecule has 8 nitrogen and oxygen atoms in total. The fraction of sp³-hybridized carbons (Fsp3) is 0.571. The molecule has 9 heteroatoms. The third kappa shape index (κ3) is 3.73. The lowest BCUT2D eigenvalue weighted by molar-refractivity contribution is -0.145. The highest BCUT2D eigenvalue weighted by Gasteiger charge is 2.32. The molecule has 1 N–H and O–H groups in total. The number of esters is 1. The molecule has 2 rings (SSSR count). The molecule has 0 fully saturated rings. The molecule has 0 atom stereocenters. The van der Waals surface area contributed by atoms with E-state index in [0.717, 1.165) is 0 Å². The molecule has 0 aliphatic carbocycles. The van der Waals surface area contributed by atoms with Crippen molar-refractivity contribution in [2.45, 2.75) is 30.5 Å². The Morgan fingerprint density at radius 1 is 1.39 bits per heavy atom. The summed E-state index contributed by atoms with van der Waals surface area (Å²) in [6.45, 7) is 5.69. The lowest BCUT2D eigenvalue weighted by Gasteiger charge is -2.20. The third-order valence-corrected chi connectivity index (χ3v) is 4.15. The van der Waals surface area contributed by atoms with Crippen molar-refractivity contribution in [1.29, 1.82) is 0 Å². The van der Waals surface area contributed by atoms with Crippen molar-refractivity contribution < 1.29 is 19.4 Å². The molecule has 0 radical (unpaired) electrons. The zero-order valence-electron chi connectivity index (χ0n) is 13.6. The van der Waals surface area contributed by atoms with Crippen LogP contribution in [0.4, 0.5) is 0 Å². The number of aliphatic hydroxyl groups excluding tert-OH is 1.